The molecule has 0 amide bonds. The van der Waals surface area contributed by atoms with E-state index in [1.807, 2.05) is 34.6 Å². The second kappa shape index (κ2) is 3.68. The highest BCUT2D eigenvalue weighted by Crippen LogP contribution is 2.21. The molecule has 0 bridgehead atoms. The van der Waals surface area contributed by atoms with Crippen molar-refractivity contribution in [2.24, 2.45) is 0 Å². The van der Waals surface area contributed by atoms with Gasteiger partial charge in [0.1, 0.15) is 5.56 Å². The molecule has 0 aliphatic rings. The van der Waals surface area contributed by atoms with Gasteiger partial charge in [0, 0.05) is 6.20 Å². The van der Waals surface area contributed by atoms with Crippen LogP contribution in [0.15, 0.2) is 6.20 Å². The lowest BCUT2D eigenvalue weighted by Crippen LogP contribution is -2.22. The molecule has 1 aromatic heterocycles. The number of aromatic nitrogens is 2. The van der Waals surface area contributed by atoms with Crippen LogP contribution in [-0.2, 0) is 5.54 Å². The van der Waals surface area contributed by atoms with Crippen LogP contribution in [0.2, 0.25) is 0 Å². The van der Waals surface area contributed by atoms with Gasteiger partial charge in [-0.2, -0.15) is 5.10 Å². The molecule has 1 aromatic rings. The zero-order valence-corrected chi connectivity index (χ0v) is 9.90. The molecule has 0 atom stereocenters. The van der Waals surface area contributed by atoms with Crippen LogP contribution in [0.1, 0.15) is 56.6 Å². The highest BCUT2D eigenvalue weighted by molar-refractivity contribution is 5.88. The first-order valence-corrected chi connectivity index (χ1v) is 5.07. The second-order valence-corrected chi connectivity index (χ2v) is 5.00. The van der Waals surface area contributed by atoms with Crippen molar-refractivity contribution >= 4 is 5.97 Å². The Morgan fingerprint density at radius 1 is 1.47 bits per heavy atom. The van der Waals surface area contributed by atoms with Gasteiger partial charge >= 0.3 is 5.97 Å². The van der Waals surface area contributed by atoms with Gasteiger partial charge in [-0.3, -0.25) is 4.68 Å². The van der Waals surface area contributed by atoms with E-state index >= 15 is 0 Å². The summed E-state index contributed by atoms with van der Waals surface area (Å²) in [7, 11) is 0. The van der Waals surface area contributed by atoms with Gasteiger partial charge in [0.15, 0.2) is 0 Å². The molecule has 84 valence electrons. The molecule has 1 N–H and O–H groups in total. The summed E-state index contributed by atoms with van der Waals surface area (Å²) in [6.45, 7) is 9.88. The Kier molecular flexibility index (Phi) is 2.88. The Morgan fingerprint density at radius 2 is 2.00 bits per heavy atom. The van der Waals surface area contributed by atoms with Crippen LogP contribution >= 0.6 is 0 Å². The molecule has 0 aliphatic heterocycles. The largest absolute Gasteiger partial charge is 0.478 e. The van der Waals surface area contributed by atoms with Crippen molar-refractivity contribution in [3.05, 3.63) is 17.5 Å². The molecule has 0 saturated carbocycles. The Bertz CT molecular complexity index is 372. The smallest absolute Gasteiger partial charge is 0.339 e. The molecule has 0 saturated heterocycles. The second-order valence-electron chi connectivity index (χ2n) is 5.00. The Morgan fingerprint density at radius 3 is 2.27 bits per heavy atom. The molecule has 4 nitrogen and oxygen atoms in total. The Hall–Kier alpha value is -1.32. The molecule has 0 fully saturated rings. The summed E-state index contributed by atoms with van der Waals surface area (Å²) < 4.78 is 1.71. The van der Waals surface area contributed by atoms with E-state index < -0.39 is 5.97 Å². The fourth-order valence-corrected chi connectivity index (χ4v) is 1.32. The molecular formula is C11H18N2O2. The highest BCUT2D eigenvalue weighted by atomic mass is 16.4. The van der Waals surface area contributed by atoms with Gasteiger partial charge in [0.2, 0.25) is 0 Å². The van der Waals surface area contributed by atoms with E-state index in [9.17, 15) is 4.79 Å². The zero-order chi connectivity index (χ0) is 11.8. The average molecular weight is 210 g/mol. The first-order chi connectivity index (χ1) is 6.73. The number of aromatic carboxylic acids is 1. The summed E-state index contributed by atoms with van der Waals surface area (Å²) in [5.74, 6) is -0.783. The van der Waals surface area contributed by atoms with Gasteiger partial charge in [-0.05, 0) is 26.7 Å². The molecule has 4 heteroatoms. The molecule has 0 aromatic carbocycles. The van der Waals surface area contributed by atoms with Crippen LogP contribution in [0.4, 0.5) is 0 Å². The minimum absolute atomic E-state index is 0.125. The minimum atomic E-state index is -0.908. The SMILES string of the molecule is CC(C)c1nn(C(C)(C)C)cc1C(=O)O. The number of carboxylic acid groups (broad SMARTS) is 1. The van der Waals surface area contributed by atoms with Crippen LogP contribution in [-0.4, -0.2) is 20.9 Å². The van der Waals surface area contributed by atoms with Gasteiger partial charge < -0.3 is 5.11 Å². The quantitative estimate of drug-likeness (QED) is 0.815. The van der Waals surface area contributed by atoms with Crippen LogP contribution in [0.25, 0.3) is 0 Å². The predicted octanol–water partition coefficient (Wildman–Crippen LogP) is 2.46. The molecule has 1 heterocycles. The first-order valence-electron chi connectivity index (χ1n) is 5.07. The lowest BCUT2D eigenvalue weighted by molar-refractivity contribution is 0.0695. The van der Waals surface area contributed by atoms with Crippen LogP contribution in [0.3, 0.4) is 0 Å². The van der Waals surface area contributed by atoms with Gasteiger partial charge in [-0.15, -0.1) is 0 Å². The van der Waals surface area contributed by atoms with E-state index in [-0.39, 0.29) is 11.5 Å². The lowest BCUT2D eigenvalue weighted by Gasteiger charge is -2.18. The molecule has 0 unspecified atom stereocenters. The lowest BCUT2D eigenvalue weighted by atomic mass is 10.1. The van der Waals surface area contributed by atoms with Crippen molar-refractivity contribution in [1.29, 1.82) is 0 Å². The third kappa shape index (κ3) is 2.37. The van der Waals surface area contributed by atoms with Crippen molar-refractivity contribution in [1.82, 2.24) is 9.78 Å². The first kappa shape index (κ1) is 11.8. The number of hydrogen-bond acceptors (Lipinski definition) is 2. The van der Waals surface area contributed by atoms with E-state index in [1.54, 1.807) is 10.9 Å². The molecule has 1 rings (SSSR count). The number of hydrogen-bond donors (Lipinski definition) is 1. The summed E-state index contributed by atoms with van der Waals surface area (Å²) in [6.07, 6.45) is 1.61. The summed E-state index contributed by atoms with van der Waals surface area (Å²) >= 11 is 0. The standard InChI is InChI=1S/C11H18N2O2/c1-7(2)9-8(10(14)15)6-13(12-9)11(3,4)5/h6-7H,1-5H3,(H,14,15). The molecular weight excluding hydrogens is 192 g/mol. The number of carbonyl (C=O) groups is 1. The third-order valence-corrected chi connectivity index (χ3v) is 2.21. The summed E-state index contributed by atoms with van der Waals surface area (Å²) in [4.78, 5) is 11.0. The molecule has 15 heavy (non-hydrogen) atoms. The molecule has 0 aliphatic carbocycles. The van der Waals surface area contributed by atoms with Gasteiger partial charge in [0.25, 0.3) is 0 Å². The van der Waals surface area contributed by atoms with Crippen molar-refractivity contribution < 1.29 is 9.90 Å². The monoisotopic (exact) mass is 210 g/mol. The third-order valence-electron chi connectivity index (χ3n) is 2.21. The van der Waals surface area contributed by atoms with E-state index in [4.69, 9.17) is 5.11 Å². The van der Waals surface area contributed by atoms with Gasteiger partial charge in [-0.1, -0.05) is 13.8 Å². The van der Waals surface area contributed by atoms with Crippen molar-refractivity contribution in [3.8, 4) is 0 Å². The van der Waals surface area contributed by atoms with Crippen molar-refractivity contribution in [2.75, 3.05) is 0 Å². The Balaban J connectivity index is 3.28. The summed E-state index contributed by atoms with van der Waals surface area (Å²) in [5.41, 5.74) is 0.773. The van der Waals surface area contributed by atoms with Crippen molar-refractivity contribution in [3.63, 3.8) is 0 Å². The van der Waals surface area contributed by atoms with Gasteiger partial charge in [-0.25, -0.2) is 4.79 Å². The van der Waals surface area contributed by atoms with E-state index in [2.05, 4.69) is 5.10 Å². The average Bonchev–Trinajstić information content (AvgIpc) is 2.45. The Labute approximate surface area is 89.9 Å². The van der Waals surface area contributed by atoms with Crippen molar-refractivity contribution in [2.45, 2.75) is 46.1 Å². The van der Waals surface area contributed by atoms with Crippen LogP contribution < -0.4 is 0 Å². The van der Waals surface area contributed by atoms with Crippen LogP contribution in [0, 0.1) is 0 Å². The van der Waals surface area contributed by atoms with Gasteiger partial charge in [0.05, 0.1) is 11.2 Å². The maximum absolute atomic E-state index is 11.0. The zero-order valence-electron chi connectivity index (χ0n) is 9.90. The predicted molar refractivity (Wildman–Crippen MR) is 58.3 cm³/mol. The fourth-order valence-electron chi connectivity index (χ4n) is 1.32. The minimum Gasteiger partial charge on any atom is -0.478 e. The topological polar surface area (TPSA) is 55.1 Å². The van der Waals surface area contributed by atoms with Crippen LogP contribution in [0.5, 0.6) is 0 Å². The van der Waals surface area contributed by atoms with E-state index in [1.165, 1.54) is 0 Å². The summed E-state index contributed by atoms with van der Waals surface area (Å²) in [6, 6.07) is 0. The number of nitrogens with zero attached hydrogens (tertiary/aromatic N) is 2. The molecule has 0 radical (unpaired) electrons. The fraction of sp³-hybridized carbons (Fsp3) is 0.636. The maximum atomic E-state index is 11.0. The maximum Gasteiger partial charge on any atom is 0.339 e. The molecule has 0 spiro atoms. The normalized spacial score (nSPS) is 12.1. The van der Waals surface area contributed by atoms with E-state index in [0.717, 1.165) is 0 Å². The summed E-state index contributed by atoms with van der Waals surface area (Å²) in [5, 5.41) is 13.4. The number of carboxylic acids is 1. The number of rotatable bonds is 2. The van der Waals surface area contributed by atoms with E-state index in [0.29, 0.717) is 11.3 Å². The highest BCUT2D eigenvalue weighted by Gasteiger charge is 2.22.